The first-order valence-electron chi connectivity index (χ1n) is 5.45. The quantitative estimate of drug-likeness (QED) is 0.618. The lowest BCUT2D eigenvalue weighted by Crippen LogP contribution is -2.47. The standard InChI is InChI=1S/C12H16N2O4/c1-6(2)10(11(13)17)14-12(18)9-7(15)4-3-5-8(9)16/h3-6,10,15-16H,1-2H3,(H2,13,17)(H,14,18). The van der Waals surface area contributed by atoms with Gasteiger partial charge >= 0.3 is 0 Å². The van der Waals surface area contributed by atoms with Crippen molar-refractivity contribution < 1.29 is 19.8 Å². The van der Waals surface area contributed by atoms with E-state index in [0.29, 0.717) is 0 Å². The van der Waals surface area contributed by atoms with Crippen molar-refractivity contribution in [3.05, 3.63) is 23.8 Å². The van der Waals surface area contributed by atoms with Gasteiger partial charge in [-0.1, -0.05) is 19.9 Å². The molecular formula is C12H16N2O4. The summed E-state index contributed by atoms with van der Waals surface area (Å²) in [5, 5.41) is 21.4. The van der Waals surface area contributed by atoms with Crippen LogP contribution in [-0.4, -0.2) is 28.1 Å². The Balaban J connectivity index is 2.98. The SMILES string of the molecule is CC(C)C(NC(=O)c1c(O)cccc1O)C(N)=O. The molecule has 0 spiro atoms. The molecule has 0 aromatic heterocycles. The first kappa shape index (κ1) is 13.8. The van der Waals surface area contributed by atoms with Crippen molar-refractivity contribution in [3.8, 4) is 11.5 Å². The Kier molecular flexibility index (Phi) is 4.14. The van der Waals surface area contributed by atoms with Crippen LogP contribution in [0.4, 0.5) is 0 Å². The summed E-state index contributed by atoms with van der Waals surface area (Å²) >= 11 is 0. The summed E-state index contributed by atoms with van der Waals surface area (Å²) in [7, 11) is 0. The van der Waals surface area contributed by atoms with Gasteiger partial charge in [-0.2, -0.15) is 0 Å². The fourth-order valence-corrected chi connectivity index (χ4v) is 1.54. The average Bonchev–Trinajstić information content (AvgIpc) is 2.24. The normalized spacial score (nSPS) is 12.2. The first-order valence-corrected chi connectivity index (χ1v) is 5.45. The zero-order chi connectivity index (χ0) is 13.9. The van der Waals surface area contributed by atoms with Gasteiger partial charge < -0.3 is 21.3 Å². The molecule has 1 atom stereocenters. The van der Waals surface area contributed by atoms with Gasteiger partial charge in [0.1, 0.15) is 23.1 Å². The lowest BCUT2D eigenvalue weighted by atomic mass is 10.0. The molecule has 98 valence electrons. The molecule has 1 rings (SSSR count). The number of hydrogen-bond donors (Lipinski definition) is 4. The molecule has 6 nitrogen and oxygen atoms in total. The molecule has 18 heavy (non-hydrogen) atoms. The molecule has 0 saturated heterocycles. The van der Waals surface area contributed by atoms with E-state index in [-0.39, 0.29) is 23.0 Å². The van der Waals surface area contributed by atoms with Crippen LogP contribution in [0.3, 0.4) is 0 Å². The van der Waals surface area contributed by atoms with Crippen molar-refractivity contribution in [3.63, 3.8) is 0 Å². The molecule has 0 aliphatic rings. The van der Waals surface area contributed by atoms with Crippen molar-refractivity contribution in [2.75, 3.05) is 0 Å². The molecule has 0 radical (unpaired) electrons. The highest BCUT2D eigenvalue weighted by molar-refractivity contribution is 6.01. The number of benzene rings is 1. The highest BCUT2D eigenvalue weighted by Crippen LogP contribution is 2.26. The number of phenols is 2. The number of carbonyl (C=O) groups is 2. The first-order chi connectivity index (χ1) is 8.34. The van der Waals surface area contributed by atoms with Gasteiger partial charge in [0.15, 0.2) is 0 Å². The molecule has 1 unspecified atom stereocenters. The predicted molar refractivity (Wildman–Crippen MR) is 65.1 cm³/mol. The minimum Gasteiger partial charge on any atom is -0.507 e. The maximum Gasteiger partial charge on any atom is 0.259 e. The summed E-state index contributed by atoms with van der Waals surface area (Å²) < 4.78 is 0. The van der Waals surface area contributed by atoms with Crippen LogP contribution in [0.1, 0.15) is 24.2 Å². The zero-order valence-electron chi connectivity index (χ0n) is 10.2. The van der Waals surface area contributed by atoms with E-state index in [1.807, 2.05) is 0 Å². The predicted octanol–water partition coefficient (Wildman–Crippen LogP) is 0.337. The molecule has 0 aliphatic heterocycles. The highest BCUT2D eigenvalue weighted by Gasteiger charge is 2.25. The molecule has 0 aliphatic carbocycles. The van der Waals surface area contributed by atoms with Crippen LogP contribution in [0.25, 0.3) is 0 Å². The van der Waals surface area contributed by atoms with E-state index < -0.39 is 17.9 Å². The Morgan fingerprint density at radius 3 is 2.11 bits per heavy atom. The number of rotatable bonds is 4. The van der Waals surface area contributed by atoms with Crippen LogP contribution in [0.15, 0.2) is 18.2 Å². The zero-order valence-corrected chi connectivity index (χ0v) is 10.2. The number of nitrogens with two attached hydrogens (primary N) is 1. The third-order valence-corrected chi connectivity index (χ3v) is 2.51. The lowest BCUT2D eigenvalue weighted by Gasteiger charge is -2.19. The summed E-state index contributed by atoms with van der Waals surface area (Å²) in [6, 6.07) is 3.07. The number of hydrogen-bond acceptors (Lipinski definition) is 4. The second-order valence-corrected chi connectivity index (χ2v) is 4.27. The average molecular weight is 252 g/mol. The lowest BCUT2D eigenvalue weighted by molar-refractivity contribution is -0.120. The monoisotopic (exact) mass is 252 g/mol. The Morgan fingerprint density at radius 2 is 1.72 bits per heavy atom. The van der Waals surface area contributed by atoms with Crippen LogP contribution in [0.2, 0.25) is 0 Å². The molecular weight excluding hydrogens is 236 g/mol. The van der Waals surface area contributed by atoms with E-state index in [2.05, 4.69) is 5.32 Å². The van der Waals surface area contributed by atoms with E-state index in [1.54, 1.807) is 13.8 Å². The van der Waals surface area contributed by atoms with Gasteiger partial charge in [0.05, 0.1) is 0 Å². The molecule has 0 fully saturated rings. The molecule has 1 aromatic carbocycles. The largest absolute Gasteiger partial charge is 0.507 e. The van der Waals surface area contributed by atoms with Gasteiger partial charge in [-0.25, -0.2) is 0 Å². The van der Waals surface area contributed by atoms with Crippen LogP contribution in [-0.2, 0) is 4.79 Å². The van der Waals surface area contributed by atoms with Gasteiger partial charge in [-0.05, 0) is 18.1 Å². The van der Waals surface area contributed by atoms with Gasteiger partial charge in [0.2, 0.25) is 5.91 Å². The molecule has 2 amide bonds. The number of aromatic hydroxyl groups is 2. The fraction of sp³-hybridized carbons (Fsp3) is 0.333. The summed E-state index contributed by atoms with van der Waals surface area (Å²) in [4.78, 5) is 23.0. The van der Waals surface area contributed by atoms with E-state index in [0.717, 1.165) is 0 Å². The third kappa shape index (κ3) is 2.91. The van der Waals surface area contributed by atoms with Gasteiger partial charge in [-0.3, -0.25) is 9.59 Å². The third-order valence-electron chi connectivity index (χ3n) is 2.51. The highest BCUT2D eigenvalue weighted by atomic mass is 16.3. The van der Waals surface area contributed by atoms with Crippen LogP contribution in [0.5, 0.6) is 11.5 Å². The van der Waals surface area contributed by atoms with Crippen LogP contribution in [0, 0.1) is 5.92 Å². The number of primary amides is 1. The van der Waals surface area contributed by atoms with Crippen molar-refractivity contribution in [1.82, 2.24) is 5.32 Å². The molecule has 5 N–H and O–H groups in total. The van der Waals surface area contributed by atoms with Crippen LogP contribution >= 0.6 is 0 Å². The van der Waals surface area contributed by atoms with E-state index in [4.69, 9.17) is 5.73 Å². The smallest absolute Gasteiger partial charge is 0.259 e. The van der Waals surface area contributed by atoms with Crippen molar-refractivity contribution in [2.45, 2.75) is 19.9 Å². The molecule has 6 heteroatoms. The summed E-state index contributed by atoms with van der Waals surface area (Å²) in [6.45, 7) is 3.45. The maximum atomic E-state index is 11.9. The minimum absolute atomic E-state index is 0.195. The van der Waals surface area contributed by atoms with Crippen molar-refractivity contribution in [2.24, 2.45) is 11.7 Å². The second kappa shape index (κ2) is 5.39. The Bertz CT molecular complexity index is 451. The molecule has 0 heterocycles. The Morgan fingerprint density at radius 1 is 1.22 bits per heavy atom. The topological polar surface area (TPSA) is 113 Å². The summed E-state index contributed by atoms with van der Waals surface area (Å²) in [5.74, 6) is -2.34. The molecule has 0 saturated carbocycles. The fourth-order valence-electron chi connectivity index (χ4n) is 1.54. The van der Waals surface area contributed by atoms with E-state index in [9.17, 15) is 19.8 Å². The molecule has 1 aromatic rings. The maximum absolute atomic E-state index is 11.9. The van der Waals surface area contributed by atoms with Crippen molar-refractivity contribution in [1.29, 1.82) is 0 Å². The minimum atomic E-state index is -0.864. The summed E-state index contributed by atoms with van der Waals surface area (Å²) in [5.41, 5.74) is 4.89. The second-order valence-electron chi connectivity index (χ2n) is 4.27. The number of amides is 2. The van der Waals surface area contributed by atoms with Gasteiger partial charge in [0.25, 0.3) is 5.91 Å². The van der Waals surface area contributed by atoms with Gasteiger partial charge in [0, 0.05) is 0 Å². The van der Waals surface area contributed by atoms with E-state index >= 15 is 0 Å². The molecule has 0 bridgehead atoms. The number of nitrogens with one attached hydrogen (secondary N) is 1. The summed E-state index contributed by atoms with van der Waals surface area (Å²) in [6.07, 6.45) is 0. The van der Waals surface area contributed by atoms with Crippen molar-refractivity contribution >= 4 is 11.8 Å². The number of carbonyl (C=O) groups excluding carboxylic acids is 2. The van der Waals surface area contributed by atoms with E-state index in [1.165, 1.54) is 18.2 Å². The number of phenolic OH excluding ortho intramolecular Hbond substituents is 2. The Labute approximate surface area is 104 Å². The Hall–Kier alpha value is -2.24. The van der Waals surface area contributed by atoms with Crippen LogP contribution < -0.4 is 11.1 Å². The van der Waals surface area contributed by atoms with Gasteiger partial charge in [-0.15, -0.1) is 0 Å².